The van der Waals surface area contributed by atoms with Crippen LogP contribution < -0.4 is 5.59 Å². The molecule has 0 fully saturated rings. The molecule has 2 radical (unpaired) electrons. The lowest BCUT2D eigenvalue weighted by Crippen LogP contribution is -2.06. The predicted octanol–water partition coefficient (Wildman–Crippen LogP) is 0.437. The first-order valence-electron chi connectivity index (χ1n) is 3.48. The molecule has 0 saturated carbocycles. The Morgan fingerprint density at radius 3 is 3.00 bits per heavy atom. The van der Waals surface area contributed by atoms with Gasteiger partial charge in [0.25, 0.3) is 0 Å². The largest absolute Gasteiger partial charge is 0.305 e. The van der Waals surface area contributed by atoms with Crippen LogP contribution >= 0.6 is 0 Å². The van der Waals surface area contributed by atoms with Gasteiger partial charge in [0.05, 0.1) is 0 Å². The van der Waals surface area contributed by atoms with E-state index in [0.29, 0.717) is 5.59 Å². The highest BCUT2D eigenvalue weighted by Gasteiger charge is 1.99. The number of fused-ring (bicyclic) bond motifs is 1. The summed E-state index contributed by atoms with van der Waals surface area (Å²) in [5.74, 6) is 0. The fourth-order valence-electron chi connectivity index (χ4n) is 1.14. The number of nitrogens with zero attached hydrogens (tertiary/aromatic N) is 2. The van der Waals surface area contributed by atoms with E-state index in [-0.39, 0.29) is 0 Å². The Balaban J connectivity index is 2.92. The molecule has 0 spiro atoms. The standard InChI is InChI=1S/C8H7BN2/c1-6-8(9)10-7-4-2-3-5-11(6)7/h2-5H,1H3. The Morgan fingerprint density at radius 1 is 1.45 bits per heavy atom. The van der Waals surface area contributed by atoms with Crippen LogP contribution in [0.5, 0.6) is 0 Å². The molecular weight excluding hydrogens is 135 g/mol. The van der Waals surface area contributed by atoms with E-state index in [4.69, 9.17) is 7.85 Å². The average Bonchev–Trinajstić information content (AvgIpc) is 2.30. The molecule has 0 saturated heterocycles. The first kappa shape index (κ1) is 6.46. The zero-order chi connectivity index (χ0) is 7.84. The minimum Gasteiger partial charge on any atom is -0.305 e. The van der Waals surface area contributed by atoms with Gasteiger partial charge in [0.15, 0.2) is 0 Å². The highest BCUT2D eigenvalue weighted by atomic mass is 15.0. The maximum absolute atomic E-state index is 5.62. The zero-order valence-corrected chi connectivity index (χ0v) is 6.28. The average molecular weight is 142 g/mol. The van der Waals surface area contributed by atoms with Gasteiger partial charge in [0, 0.05) is 17.5 Å². The van der Waals surface area contributed by atoms with Crippen LogP contribution in [0.25, 0.3) is 5.65 Å². The van der Waals surface area contributed by atoms with E-state index in [1.165, 1.54) is 0 Å². The molecule has 0 aromatic carbocycles. The van der Waals surface area contributed by atoms with Gasteiger partial charge in [-0.05, 0) is 19.1 Å². The molecule has 0 N–H and O–H groups in total. The van der Waals surface area contributed by atoms with Gasteiger partial charge in [-0.1, -0.05) is 6.07 Å². The van der Waals surface area contributed by atoms with Crippen molar-refractivity contribution >= 4 is 19.1 Å². The van der Waals surface area contributed by atoms with Crippen LogP contribution in [0.2, 0.25) is 0 Å². The Bertz CT molecular complexity index is 392. The summed E-state index contributed by atoms with van der Waals surface area (Å²) in [6.07, 6.45) is 1.95. The van der Waals surface area contributed by atoms with E-state index in [2.05, 4.69) is 4.98 Å². The topological polar surface area (TPSA) is 17.3 Å². The highest BCUT2D eigenvalue weighted by Crippen LogP contribution is 2.00. The van der Waals surface area contributed by atoms with Crippen LogP contribution in [0.3, 0.4) is 0 Å². The van der Waals surface area contributed by atoms with E-state index in [1.807, 2.05) is 35.7 Å². The smallest absolute Gasteiger partial charge is 0.144 e. The molecule has 2 nitrogen and oxygen atoms in total. The van der Waals surface area contributed by atoms with E-state index < -0.39 is 0 Å². The summed E-state index contributed by atoms with van der Waals surface area (Å²) in [6.45, 7) is 1.95. The van der Waals surface area contributed by atoms with Crippen molar-refractivity contribution < 1.29 is 0 Å². The van der Waals surface area contributed by atoms with Crippen molar-refractivity contribution in [1.29, 1.82) is 0 Å². The quantitative estimate of drug-likeness (QED) is 0.487. The summed E-state index contributed by atoms with van der Waals surface area (Å²) < 4.78 is 1.97. The number of aryl methyl sites for hydroxylation is 1. The Morgan fingerprint density at radius 2 is 2.27 bits per heavy atom. The van der Waals surface area contributed by atoms with E-state index in [0.717, 1.165) is 11.3 Å². The van der Waals surface area contributed by atoms with Gasteiger partial charge in [-0.2, -0.15) is 0 Å². The fourth-order valence-corrected chi connectivity index (χ4v) is 1.14. The number of pyridine rings is 1. The molecule has 0 bridgehead atoms. The van der Waals surface area contributed by atoms with E-state index >= 15 is 0 Å². The number of hydrogen-bond donors (Lipinski definition) is 0. The molecule has 0 unspecified atom stereocenters. The molecule has 11 heavy (non-hydrogen) atoms. The van der Waals surface area contributed by atoms with E-state index in [9.17, 15) is 0 Å². The van der Waals surface area contributed by atoms with Gasteiger partial charge >= 0.3 is 0 Å². The van der Waals surface area contributed by atoms with Crippen molar-refractivity contribution in [3.63, 3.8) is 0 Å². The minimum absolute atomic E-state index is 0.608. The van der Waals surface area contributed by atoms with E-state index in [1.54, 1.807) is 0 Å². The summed E-state index contributed by atoms with van der Waals surface area (Å²) in [4.78, 5) is 4.15. The lowest BCUT2D eigenvalue weighted by Gasteiger charge is -1.93. The SMILES string of the molecule is [B]c1nc2ccccn2c1C. The van der Waals surface area contributed by atoms with Crippen molar-refractivity contribution in [3.05, 3.63) is 30.1 Å². The summed E-state index contributed by atoms with van der Waals surface area (Å²) in [6, 6.07) is 5.84. The van der Waals surface area contributed by atoms with Crippen LogP contribution in [-0.2, 0) is 0 Å². The van der Waals surface area contributed by atoms with Crippen LogP contribution in [0.4, 0.5) is 0 Å². The molecule has 0 amide bonds. The molecule has 52 valence electrons. The fraction of sp³-hybridized carbons (Fsp3) is 0.125. The Labute approximate surface area is 66.3 Å². The maximum atomic E-state index is 5.62. The summed E-state index contributed by atoms with van der Waals surface area (Å²) in [5.41, 5.74) is 2.51. The molecule has 2 aromatic rings. The third-order valence-electron chi connectivity index (χ3n) is 1.81. The first-order valence-corrected chi connectivity index (χ1v) is 3.48. The predicted molar refractivity (Wildman–Crippen MR) is 45.3 cm³/mol. The molecule has 0 atom stereocenters. The van der Waals surface area contributed by atoms with Gasteiger partial charge in [-0.15, -0.1) is 0 Å². The Hall–Kier alpha value is -1.25. The molecule has 2 heterocycles. The van der Waals surface area contributed by atoms with Gasteiger partial charge < -0.3 is 4.40 Å². The maximum Gasteiger partial charge on any atom is 0.144 e. The Kier molecular flexibility index (Phi) is 1.25. The van der Waals surface area contributed by atoms with Crippen molar-refractivity contribution in [1.82, 2.24) is 9.38 Å². The normalized spacial score (nSPS) is 10.6. The van der Waals surface area contributed by atoms with Crippen molar-refractivity contribution in [3.8, 4) is 0 Å². The summed E-state index contributed by atoms with van der Waals surface area (Å²) in [5, 5.41) is 0. The van der Waals surface area contributed by atoms with Gasteiger partial charge in [0.2, 0.25) is 0 Å². The molecule has 0 aliphatic heterocycles. The third kappa shape index (κ3) is 0.844. The lowest BCUT2D eigenvalue weighted by molar-refractivity contribution is 1.11. The highest BCUT2D eigenvalue weighted by molar-refractivity contribution is 6.31. The second-order valence-electron chi connectivity index (χ2n) is 2.51. The van der Waals surface area contributed by atoms with Gasteiger partial charge in [-0.25, -0.2) is 4.98 Å². The molecule has 2 aromatic heterocycles. The van der Waals surface area contributed by atoms with Crippen molar-refractivity contribution in [2.45, 2.75) is 6.92 Å². The zero-order valence-electron chi connectivity index (χ0n) is 6.28. The van der Waals surface area contributed by atoms with Crippen molar-refractivity contribution in [2.75, 3.05) is 0 Å². The number of aromatic nitrogens is 2. The van der Waals surface area contributed by atoms with Crippen molar-refractivity contribution in [2.24, 2.45) is 0 Å². The van der Waals surface area contributed by atoms with Crippen LogP contribution in [-0.4, -0.2) is 17.2 Å². The number of rotatable bonds is 0. The number of imidazole rings is 1. The van der Waals surface area contributed by atoms with Crippen LogP contribution in [0.15, 0.2) is 24.4 Å². The third-order valence-corrected chi connectivity index (χ3v) is 1.81. The summed E-state index contributed by atoms with van der Waals surface area (Å²) >= 11 is 0. The van der Waals surface area contributed by atoms with Gasteiger partial charge in [0.1, 0.15) is 13.5 Å². The molecule has 3 heteroatoms. The van der Waals surface area contributed by atoms with Crippen LogP contribution in [0.1, 0.15) is 5.69 Å². The molecule has 2 rings (SSSR count). The molecular formula is C8H7BN2. The number of hydrogen-bond acceptors (Lipinski definition) is 1. The lowest BCUT2D eigenvalue weighted by atomic mass is 10.0. The van der Waals surface area contributed by atoms with Gasteiger partial charge in [-0.3, -0.25) is 0 Å². The first-order chi connectivity index (χ1) is 5.29. The summed E-state index contributed by atoms with van der Waals surface area (Å²) in [7, 11) is 5.62. The second kappa shape index (κ2) is 2.12. The van der Waals surface area contributed by atoms with Crippen LogP contribution in [0, 0.1) is 6.92 Å². The minimum atomic E-state index is 0.608. The second-order valence-corrected chi connectivity index (χ2v) is 2.51. The molecule has 0 aliphatic rings. The monoisotopic (exact) mass is 142 g/mol. The molecule has 0 aliphatic carbocycles.